The van der Waals surface area contributed by atoms with E-state index < -0.39 is 11.8 Å². The number of hydrogen-bond acceptors (Lipinski definition) is 2. The van der Waals surface area contributed by atoms with E-state index in [0.29, 0.717) is 13.0 Å². The van der Waals surface area contributed by atoms with Crippen molar-refractivity contribution in [1.82, 2.24) is 5.32 Å². The van der Waals surface area contributed by atoms with Crippen molar-refractivity contribution in [1.29, 1.82) is 0 Å². The first-order valence-electron chi connectivity index (χ1n) is 7.76. The summed E-state index contributed by atoms with van der Waals surface area (Å²) < 4.78 is 0. The normalized spacial score (nSPS) is 11.9. The lowest BCUT2D eigenvalue weighted by molar-refractivity contribution is -0.133. The van der Waals surface area contributed by atoms with Crippen molar-refractivity contribution >= 4 is 11.8 Å². The van der Waals surface area contributed by atoms with Gasteiger partial charge in [-0.15, -0.1) is 0 Å². The van der Waals surface area contributed by atoms with E-state index >= 15 is 0 Å². The maximum absolute atomic E-state index is 12.1. The van der Waals surface area contributed by atoms with Crippen LogP contribution in [-0.4, -0.2) is 11.8 Å². The number of nitrogens with two attached hydrogens (primary N) is 1. The molecule has 0 aromatic heterocycles. The maximum Gasteiger partial charge on any atom is 0.232 e. The van der Waals surface area contributed by atoms with Crippen LogP contribution in [0.5, 0.6) is 0 Å². The quantitative estimate of drug-likeness (QED) is 0.514. The van der Waals surface area contributed by atoms with Crippen molar-refractivity contribution in [3.8, 4) is 0 Å². The fourth-order valence-corrected chi connectivity index (χ4v) is 2.26. The van der Waals surface area contributed by atoms with Gasteiger partial charge in [0.05, 0.1) is 0 Å². The van der Waals surface area contributed by atoms with Gasteiger partial charge in [0.25, 0.3) is 0 Å². The van der Waals surface area contributed by atoms with Gasteiger partial charge in [-0.3, -0.25) is 9.59 Å². The van der Waals surface area contributed by atoms with Crippen molar-refractivity contribution in [3.05, 3.63) is 35.9 Å². The van der Waals surface area contributed by atoms with Gasteiger partial charge in [-0.25, -0.2) is 0 Å². The largest absolute Gasteiger partial charge is 0.369 e. The zero-order chi connectivity index (χ0) is 15.5. The molecule has 1 unspecified atom stereocenters. The number of hydrogen-bond donors (Lipinski definition) is 2. The van der Waals surface area contributed by atoms with E-state index in [2.05, 4.69) is 12.2 Å². The van der Waals surface area contributed by atoms with E-state index in [1.54, 1.807) is 0 Å². The van der Waals surface area contributed by atoms with Crippen LogP contribution in [0.25, 0.3) is 0 Å². The molecule has 0 saturated heterocycles. The summed E-state index contributed by atoms with van der Waals surface area (Å²) in [4.78, 5) is 23.5. The second kappa shape index (κ2) is 9.97. The van der Waals surface area contributed by atoms with Crippen molar-refractivity contribution in [2.45, 2.75) is 52.0 Å². The summed E-state index contributed by atoms with van der Waals surface area (Å²) >= 11 is 0. The van der Waals surface area contributed by atoms with Gasteiger partial charge in [0.2, 0.25) is 11.8 Å². The summed E-state index contributed by atoms with van der Waals surface area (Å²) in [6.45, 7) is 2.59. The molecule has 21 heavy (non-hydrogen) atoms. The molecule has 2 amide bonds. The maximum atomic E-state index is 12.1. The lowest BCUT2D eigenvalue weighted by Crippen LogP contribution is -2.38. The molecule has 3 N–H and O–H groups in total. The molecular formula is C17H26N2O2. The minimum absolute atomic E-state index is 0.262. The summed E-state index contributed by atoms with van der Waals surface area (Å²) in [6, 6.07) is 9.63. The molecule has 0 saturated carbocycles. The number of nitrogens with one attached hydrogen (secondary N) is 1. The molecule has 0 radical (unpaired) electrons. The Hall–Kier alpha value is -1.84. The minimum atomic E-state index is -0.713. The van der Waals surface area contributed by atoms with Crippen molar-refractivity contribution in [2.24, 2.45) is 11.7 Å². The van der Waals surface area contributed by atoms with E-state index in [1.807, 2.05) is 30.3 Å². The number of benzene rings is 1. The van der Waals surface area contributed by atoms with Gasteiger partial charge in [0, 0.05) is 6.54 Å². The summed E-state index contributed by atoms with van der Waals surface area (Å²) in [7, 11) is 0. The molecule has 0 spiro atoms. The van der Waals surface area contributed by atoms with Gasteiger partial charge in [0.15, 0.2) is 0 Å². The van der Waals surface area contributed by atoms with E-state index in [0.717, 1.165) is 24.8 Å². The Kier molecular flexibility index (Phi) is 8.17. The van der Waals surface area contributed by atoms with Gasteiger partial charge < -0.3 is 11.1 Å². The molecule has 1 aromatic rings. The highest BCUT2D eigenvalue weighted by atomic mass is 16.2. The lowest BCUT2D eigenvalue weighted by Gasteiger charge is -2.13. The molecule has 4 nitrogen and oxygen atoms in total. The van der Waals surface area contributed by atoms with Gasteiger partial charge in [-0.05, 0) is 12.0 Å². The average molecular weight is 290 g/mol. The molecule has 0 aliphatic heterocycles. The number of carbonyl (C=O) groups excluding carboxylic acids is 2. The highest BCUT2D eigenvalue weighted by Gasteiger charge is 2.23. The third-order valence-corrected chi connectivity index (χ3v) is 3.57. The summed E-state index contributed by atoms with van der Waals surface area (Å²) in [5.41, 5.74) is 6.36. The number of amides is 2. The number of rotatable bonds is 10. The third kappa shape index (κ3) is 6.93. The van der Waals surface area contributed by atoms with Crippen LogP contribution in [0.3, 0.4) is 0 Å². The van der Waals surface area contributed by atoms with Gasteiger partial charge in [-0.2, -0.15) is 0 Å². The predicted molar refractivity (Wildman–Crippen MR) is 84.3 cm³/mol. The Balaban J connectivity index is 2.37. The minimum Gasteiger partial charge on any atom is -0.369 e. The molecule has 0 fully saturated rings. The van der Waals surface area contributed by atoms with Gasteiger partial charge in [0.1, 0.15) is 5.92 Å². The third-order valence-electron chi connectivity index (χ3n) is 3.57. The summed E-state index contributed by atoms with van der Waals surface area (Å²) in [5.74, 6) is -1.51. The second-order valence-corrected chi connectivity index (χ2v) is 5.36. The Labute approximate surface area is 127 Å². The van der Waals surface area contributed by atoms with Crippen molar-refractivity contribution < 1.29 is 9.59 Å². The molecule has 1 atom stereocenters. The van der Waals surface area contributed by atoms with Crippen molar-refractivity contribution in [3.63, 3.8) is 0 Å². The van der Waals surface area contributed by atoms with Crippen LogP contribution in [0.4, 0.5) is 0 Å². The Morgan fingerprint density at radius 1 is 1.10 bits per heavy atom. The van der Waals surface area contributed by atoms with Crippen LogP contribution in [0.15, 0.2) is 30.3 Å². The first kappa shape index (κ1) is 17.2. The molecule has 0 aliphatic rings. The fourth-order valence-electron chi connectivity index (χ4n) is 2.26. The topological polar surface area (TPSA) is 72.2 Å². The molecule has 1 rings (SSSR count). The smallest absolute Gasteiger partial charge is 0.232 e. The molecule has 0 heterocycles. The molecule has 0 bridgehead atoms. The fraction of sp³-hybridized carbons (Fsp3) is 0.529. The van der Waals surface area contributed by atoms with Crippen LogP contribution in [0, 0.1) is 5.92 Å². The van der Waals surface area contributed by atoms with Crippen LogP contribution in [0.2, 0.25) is 0 Å². The molecule has 0 aliphatic carbocycles. The van der Waals surface area contributed by atoms with Crippen LogP contribution < -0.4 is 11.1 Å². The molecule has 116 valence electrons. The van der Waals surface area contributed by atoms with Crippen LogP contribution in [-0.2, 0) is 16.1 Å². The first-order valence-corrected chi connectivity index (χ1v) is 7.76. The van der Waals surface area contributed by atoms with E-state index in [-0.39, 0.29) is 5.91 Å². The number of unbranched alkanes of at least 4 members (excludes halogenated alkanes) is 4. The number of primary amides is 1. The highest BCUT2D eigenvalue weighted by Crippen LogP contribution is 2.12. The zero-order valence-electron chi connectivity index (χ0n) is 12.8. The average Bonchev–Trinajstić information content (AvgIpc) is 2.49. The SMILES string of the molecule is CCCCCCCC(C(N)=O)C(=O)NCc1ccccc1. The van der Waals surface area contributed by atoms with E-state index in [1.165, 1.54) is 12.8 Å². The monoisotopic (exact) mass is 290 g/mol. The molecule has 1 aromatic carbocycles. The standard InChI is InChI=1S/C17H26N2O2/c1-2-3-4-5-9-12-15(16(18)20)17(21)19-13-14-10-7-6-8-11-14/h6-8,10-11,15H,2-5,9,12-13H2,1H3,(H2,18,20)(H,19,21). The van der Waals surface area contributed by atoms with Crippen LogP contribution in [0.1, 0.15) is 51.0 Å². The van der Waals surface area contributed by atoms with Crippen LogP contribution >= 0.6 is 0 Å². The molecule has 4 heteroatoms. The predicted octanol–water partition coefficient (Wildman–Crippen LogP) is 2.76. The van der Waals surface area contributed by atoms with E-state index in [9.17, 15) is 9.59 Å². The molecular weight excluding hydrogens is 264 g/mol. The van der Waals surface area contributed by atoms with Gasteiger partial charge >= 0.3 is 0 Å². The lowest BCUT2D eigenvalue weighted by atomic mass is 9.99. The summed E-state index contributed by atoms with van der Waals surface area (Å²) in [5, 5.41) is 2.79. The second-order valence-electron chi connectivity index (χ2n) is 5.36. The van der Waals surface area contributed by atoms with Gasteiger partial charge in [-0.1, -0.05) is 69.4 Å². The van der Waals surface area contributed by atoms with E-state index in [4.69, 9.17) is 5.73 Å². The highest BCUT2D eigenvalue weighted by molar-refractivity contribution is 5.99. The first-order chi connectivity index (χ1) is 10.1. The zero-order valence-corrected chi connectivity index (χ0v) is 12.8. The summed E-state index contributed by atoms with van der Waals surface area (Å²) in [6.07, 6.45) is 5.97. The Morgan fingerprint density at radius 3 is 2.38 bits per heavy atom. The van der Waals surface area contributed by atoms with Crippen molar-refractivity contribution in [2.75, 3.05) is 0 Å². The Morgan fingerprint density at radius 2 is 1.76 bits per heavy atom. The number of carbonyl (C=O) groups is 2. The Bertz CT molecular complexity index is 432.